The second-order valence-corrected chi connectivity index (χ2v) is 5.77. The molecule has 1 aromatic heterocycles. The van der Waals surface area contributed by atoms with Crippen LogP contribution in [0.5, 0.6) is 0 Å². The minimum absolute atomic E-state index is 0.228. The maximum atomic E-state index is 9.67. The van der Waals surface area contributed by atoms with Crippen LogP contribution in [0.4, 0.5) is 0 Å². The molecule has 1 atom stereocenters. The van der Waals surface area contributed by atoms with Gasteiger partial charge in [-0.2, -0.15) is 0 Å². The smallest absolute Gasteiger partial charge is 0.0905 e. The number of hydrogen-bond acceptors (Lipinski definition) is 2. The molecule has 4 heteroatoms. The lowest BCUT2D eigenvalue weighted by Crippen LogP contribution is -2.02. The summed E-state index contributed by atoms with van der Waals surface area (Å²) in [7, 11) is 0. The van der Waals surface area contributed by atoms with Gasteiger partial charge in [0.15, 0.2) is 0 Å². The Kier molecular flexibility index (Phi) is 3.58. The van der Waals surface area contributed by atoms with Gasteiger partial charge < -0.3 is 5.11 Å². The lowest BCUT2D eigenvalue weighted by Gasteiger charge is -2.11. The monoisotopic (exact) mass is 268 g/mol. The van der Waals surface area contributed by atoms with Crippen LogP contribution in [0.1, 0.15) is 24.8 Å². The molecule has 1 aromatic rings. The van der Waals surface area contributed by atoms with Crippen molar-refractivity contribution in [3.05, 3.63) is 19.8 Å². The van der Waals surface area contributed by atoms with Crippen molar-refractivity contribution in [1.29, 1.82) is 0 Å². The molecule has 0 fully saturated rings. The van der Waals surface area contributed by atoms with E-state index in [0.717, 1.165) is 8.66 Å². The van der Waals surface area contributed by atoms with Gasteiger partial charge in [-0.1, -0.05) is 25.4 Å². The summed E-state index contributed by atoms with van der Waals surface area (Å²) in [6.45, 7) is 3.96. The molecule has 1 heterocycles. The number of thiophene rings is 1. The first-order valence-electron chi connectivity index (χ1n) is 3.65. The van der Waals surface area contributed by atoms with Gasteiger partial charge in [0.25, 0.3) is 0 Å². The fourth-order valence-corrected chi connectivity index (χ4v) is 2.74. The second-order valence-electron chi connectivity index (χ2n) is 2.96. The maximum Gasteiger partial charge on any atom is 0.0905 e. The Hall–Kier alpha value is 0.430. The SMILES string of the molecule is CC(C)C(O)c1cc(Cl)c(Br)s1. The second kappa shape index (κ2) is 4.09. The highest BCUT2D eigenvalue weighted by atomic mass is 79.9. The normalized spacial score (nSPS) is 13.8. The number of rotatable bonds is 2. The van der Waals surface area contributed by atoms with Crippen molar-refractivity contribution in [3.63, 3.8) is 0 Å². The van der Waals surface area contributed by atoms with Gasteiger partial charge in [-0.25, -0.2) is 0 Å². The first-order valence-corrected chi connectivity index (χ1v) is 5.64. The van der Waals surface area contributed by atoms with E-state index in [1.165, 1.54) is 11.3 Å². The minimum Gasteiger partial charge on any atom is -0.387 e. The Labute approximate surface area is 89.5 Å². The van der Waals surface area contributed by atoms with Crippen molar-refractivity contribution in [2.24, 2.45) is 5.92 Å². The van der Waals surface area contributed by atoms with Crippen molar-refractivity contribution in [2.75, 3.05) is 0 Å². The Morgan fingerprint density at radius 2 is 2.17 bits per heavy atom. The third kappa shape index (κ3) is 2.22. The molecule has 0 spiro atoms. The Balaban J connectivity index is 2.89. The van der Waals surface area contributed by atoms with Crippen LogP contribution < -0.4 is 0 Å². The zero-order valence-electron chi connectivity index (χ0n) is 6.84. The number of aliphatic hydroxyl groups is 1. The molecule has 0 amide bonds. The molecule has 0 aromatic carbocycles. The van der Waals surface area contributed by atoms with Crippen LogP contribution in [0.25, 0.3) is 0 Å². The highest BCUT2D eigenvalue weighted by molar-refractivity contribution is 9.11. The van der Waals surface area contributed by atoms with Crippen LogP contribution in [-0.2, 0) is 0 Å². The number of aliphatic hydroxyl groups excluding tert-OH is 1. The quantitative estimate of drug-likeness (QED) is 0.864. The van der Waals surface area contributed by atoms with E-state index in [1.54, 1.807) is 6.07 Å². The highest BCUT2D eigenvalue weighted by Crippen LogP contribution is 2.37. The van der Waals surface area contributed by atoms with Gasteiger partial charge in [-0.05, 0) is 27.9 Å². The van der Waals surface area contributed by atoms with Crippen molar-refractivity contribution in [3.8, 4) is 0 Å². The molecule has 0 aliphatic carbocycles. The summed E-state index contributed by atoms with van der Waals surface area (Å²) in [5.41, 5.74) is 0. The third-order valence-corrected chi connectivity index (χ3v) is 4.13. The molecule has 0 aliphatic heterocycles. The van der Waals surface area contributed by atoms with E-state index in [1.807, 2.05) is 13.8 Å². The topological polar surface area (TPSA) is 20.2 Å². The molecule has 12 heavy (non-hydrogen) atoms. The van der Waals surface area contributed by atoms with E-state index in [-0.39, 0.29) is 5.92 Å². The van der Waals surface area contributed by atoms with Gasteiger partial charge in [-0.3, -0.25) is 0 Å². The average Bonchev–Trinajstić information content (AvgIpc) is 2.30. The summed E-state index contributed by atoms with van der Waals surface area (Å²) in [6.07, 6.45) is -0.404. The molecule has 68 valence electrons. The van der Waals surface area contributed by atoms with Crippen LogP contribution in [-0.4, -0.2) is 5.11 Å². The maximum absolute atomic E-state index is 9.67. The molecule has 0 bridgehead atoms. The molecule has 1 rings (SSSR count). The molecule has 0 aliphatic rings. The molecule has 1 unspecified atom stereocenters. The predicted molar refractivity (Wildman–Crippen MR) is 56.8 cm³/mol. The van der Waals surface area contributed by atoms with Crippen molar-refractivity contribution in [2.45, 2.75) is 20.0 Å². The van der Waals surface area contributed by atoms with E-state index in [0.29, 0.717) is 5.02 Å². The zero-order chi connectivity index (χ0) is 9.30. The molecular formula is C8H10BrClOS. The zero-order valence-corrected chi connectivity index (χ0v) is 10.0. The molecular weight excluding hydrogens is 260 g/mol. The van der Waals surface area contributed by atoms with Gasteiger partial charge >= 0.3 is 0 Å². The Bertz CT molecular complexity index is 253. The fraction of sp³-hybridized carbons (Fsp3) is 0.500. The summed E-state index contributed by atoms with van der Waals surface area (Å²) in [5.74, 6) is 0.228. The summed E-state index contributed by atoms with van der Waals surface area (Å²) in [4.78, 5) is 0.918. The summed E-state index contributed by atoms with van der Waals surface area (Å²) < 4.78 is 0.888. The lowest BCUT2D eigenvalue weighted by atomic mass is 10.1. The van der Waals surface area contributed by atoms with Gasteiger partial charge in [0.1, 0.15) is 0 Å². The van der Waals surface area contributed by atoms with Crippen LogP contribution >= 0.6 is 38.9 Å². The van der Waals surface area contributed by atoms with E-state index < -0.39 is 6.10 Å². The highest BCUT2D eigenvalue weighted by Gasteiger charge is 2.15. The lowest BCUT2D eigenvalue weighted by molar-refractivity contribution is 0.130. The van der Waals surface area contributed by atoms with Crippen molar-refractivity contribution < 1.29 is 5.11 Å². The average molecular weight is 270 g/mol. The molecule has 0 saturated carbocycles. The largest absolute Gasteiger partial charge is 0.387 e. The molecule has 0 radical (unpaired) electrons. The summed E-state index contributed by atoms with van der Waals surface area (Å²) in [6, 6.07) is 1.81. The predicted octanol–water partition coefficient (Wildman–Crippen LogP) is 3.85. The van der Waals surface area contributed by atoms with E-state index in [2.05, 4.69) is 15.9 Å². The van der Waals surface area contributed by atoms with Crippen LogP contribution in [0, 0.1) is 5.92 Å². The summed E-state index contributed by atoms with van der Waals surface area (Å²) in [5, 5.41) is 10.3. The van der Waals surface area contributed by atoms with Crippen LogP contribution in [0.2, 0.25) is 5.02 Å². The van der Waals surface area contributed by atoms with Gasteiger partial charge in [-0.15, -0.1) is 11.3 Å². The summed E-state index contributed by atoms with van der Waals surface area (Å²) >= 11 is 10.6. The standard InChI is InChI=1S/C8H10BrClOS/c1-4(2)7(11)6-3-5(10)8(9)12-6/h3-4,7,11H,1-2H3. The van der Waals surface area contributed by atoms with E-state index >= 15 is 0 Å². The number of halogens is 2. The van der Waals surface area contributed by atoms with Crippen LogP contribution in [0.3, 0.4) is 0 Å². The first kappa shape index (κ1) is 10.5. The van der Waals surface area contributed by atoms with Gasteiger partial charge in [0, 0.05) is 4.88 Å². The Morgan fingerprint density at radius 3 is 2.50 bits per heavy atom. The minimum atomic E-state index is -0.404. The van der Waals surface area contributed by atoms with Gasteiger partial charge in [0.05, 0.1) is 14.9 Å². The van der Waals surface area contributed by atoms with Crippen molar-refractivity contribution >= 4 is 38.9 Å². The molecule has 1 N–H and O–H groups in total. The van der Waals surface area contributed by atoms with E-state index in [9.17, 15) is 5.11 Å². The Morgan fingerprint density at radius 1 is 1.58 bits per heavy atom. The fourth-order valence-electron chi connectivity index (χ4n) is 0.838. The van der Waals surface area contributed by atoms with E-state index in [4.69, 9.17) is 11.6 Å². The van der Waals surface area contributed by atoms with Gasteiger partial charge in [0.2, 0.25) is 0 Å². The number of hydrogen-bond donors (Lipinski definition) is 1. The molecule has 0 saturated heterocycles. The first-order chi connectivity index (χ1) is 5.52. The third-order valence-electron chi connectivity index (χ3n) is 1.59. The van der Waals surface area contributed by atoms with Crippen LogP contribution in [0.15, 0.2) is 9.85 Å². The van der Waals surface area contributed by atoms with Crippen molar-refractivity contribution in [1.82, 2.24) is 0 Å². The molecule has 1 nitrogen and oxygen atoms in total.